The Morgan fingerprint density at radius 2 is 1.89 bits per heavy atom. The van der Waals surface area contributed by atoms with Gasteiger partial charge in [0, 0.05) is 9.92 Å². The molecule has 0 heterocycles. The second-order valence-corrected chi connectivity index (χ2v) is 5.56. The summed E-state index contributed by atoms with van der Waals surface area (Å²) in [6.07, 6.45) is -0.669. The van der Waals surface area contributed by atoms with E-state index in [1.807, 2.05) is 0 Å². The molecule has 100 valence electrons. The topological polar surface area (TPSA) is 20.2 Å². The fourth-order valence-corrected chi connectivity index (χ4v) is 2.90. The lowest BCUT2D eigenvalue weighted by molar-refractivity contribution is 0.199. The Morgan fingerprint density at radius 1 is 1.16 bits per heavy atom. The lowest BCUT2D eigenvalue weighted by atomic mass is 10.1. The van der Waals surface area contributed by atoms with Gasteiger partial charge < -0.3 is 5.11 Å². The Hall–Kier alpha value is -1.10. The van der Waals surface area contributed by atoms with Crippen LogP contribution in [-0.4, -0.2) is 5.11 Å². The van der Waals surface area contributed by atoms with Gasteiger partial charge in [0.1, 0.15) is 11.6 Å². The van der Waals surface area contributed by atoms with Gasteiger partial charge in [-0.05, 0) is 42.8 Å². The van der Waals surface area contributed by atoms with Gasteiger partial charge in [-0.1, -0.05) is 29.4 Å². The molecular formula is C14H11ClF2OS. The number of halogens is 3. The predicted octanol–water partition coefficient (Wildman–Crippen LogP) is 4.82. The third-order valence-corrected chi connectivity index (χ3v) is 3.89. The SMILES string of the molecule is CC(O)c1ccc(Sc2cc(F)ccc2F)cc1Cl. The van der Waals surface area contributed by atoms with Crippen molar-refractivity contribution in [3.8, 4) is 0 Å². The molecule has 2 rings (SSSR count). The number of hydrogen-bond donors (Lipinski definition) is 1. The molecule has 1 atom stereocenters. The molecule has 2 aromatic rings. The summed E-state index contributed by atoms with van der Waals surface area (Å²) in [4.78, 5) is 0.875. The molecule has 19 heavy (non-hydrogen) atoms. The summed E-state index contributed by atoms with van der Waals surface area (Å²) in [5, 5.41) is 9.86. The molecule has 0 bridgehead atoms. The standard InChI is InChI=1S/C14H11ClF2OS/c1-8(18)11-4-3-10(7-12(11)15)19-14-6-9(16)2-5-13(14)17/h2-8,18H,1H3. The highest BCUT2D eigenvalue weighted by Crippen LogP contribution is 2.34. The van der Waals surface area contributed by atoms with Crippen LogP contribution in [0, 0.1) is 11.6 Å². The molecule has 0 saturated carbocycles. The van der Waals surface area contributed by atoms with Crippen molar-refractivity contribution in [3.05, 3.63) is 58.6 Å². The smallest absolute Gasteiger partial charge is 0.137 e. The van der Waals surface area contributed by atoms with Crippen LogP contribution >= 0.6 is 23.4 Å². The van der Waals surface area contributed by atoms with Crippen molar-refractivity contribution < 1.29 is 13.9 Å². The van der Waals surface area contributed by atoms with Gasteiger partial charge >= 0.3 is 0 Å². The summed E-state index contributed by atoms with van der Waals surface area (Å²) in [5.41, 5.74) is 0.603. The first-order valence-corrected chi connectivity index (χ1v) is 6.77. The summed E-state index contributed by atoms with van der Waals surface area (Å²) in [7, 11) is 0. The zero-order valence-electron chi connectivity index (χ0n) is 10.0. The van der Waals surface area contributed by atoms with E-state index in [2.05, 4.69) is 0 Å². The largest absolute Gasteiger partial charge is 0.389 e. The Kier molecular flexibility index (Phi) is 4.45. The van der Waals surface area contributed by atoms with Gasteiger partial charge in [-0.2, -0.15) is 0 Å². The van der Waals surface area contributed by atoms with Crippen LogP contribution in [0.15, 0.2) is 46.2 Å². The van der Waals surface area contributed by atoms with Crippen molar-refractivity contribution in [3.63, 3.8) is 0 Å². The van der Waals surface area contributed by atoms with Gasteiger partial charge in [0.05, 0.1) is 11.0 Å². The Labute approximate surface area is 119 Å². The molecule has 5 heteroatoms. The summed E-state index contributed by atoms with van der Waals surface area (Å²) in [6, 6.07) is 8.30. The van der Waals surface area contributed by atoms with Gasteiger partial charge in [0.2, 0.25) is 0 Å². The number of benzene rings is 2. The molecular weight excluding hydrogens is 290 g/mol. The molecule has 0 aliphatic heterocycles. The second-order valence-electron chi connectivity index (χ2n) is 4.04. The average Bonchev–Trinajstić information content (AvgIpc) is 2.33. The Bertz CT molecular complexity index is 602. The molecule has 0 saturated heterocycles. The van der Waals surface area contributed by atoms with E-state index in [-0.39, 0.29) is 4.90 Å². The normalized spacial score (nSPS) is 12.5. The van der Waals surface area contributed by atoms with Crippen molar-refractivity contribution in [1.82, 2.24) is 0 Å². The van der Waals surface area contributed by atoms with Crippen molar-refractivity contribution >= 4 is 23.4 Å². The van der Waals surface area contributed by atoms with Crippen LogP contribution in [0.25, 0.3) is 0 Å². The van der Waals surface area contributed by atoms with Crippen molar-refractivity contribution in [2.45, 2.75) is 22.8 Å². The predicted molar refractivity (Wildman–Crippen MR) is 72.6 cm³/mol. The molecule has 0 spiro atoms. The molecule has 1 unspecified atom stereocenters. The number of hydrogen-bond acceptors (Lipinski definition) is 2. The van der Waals surface area contributed by atoms with Crippen molar-refractivity contribution in [1.29, 1.82) is 0 Å². The van der Waals surface area contributed by atoms with Gasteiger partial charge in [0.25, 0.3) is 0 Å². The Morgan fingerprint density at radius 3 is 2.53 bits per heavy atom. The van der Waals surface area contributed by atoms with E-state index in [4.69, 9.17) is 11.6 Å². The van der Waals surface area contributed by atoms with Gasteiger partial charge in [-0.3, -0.25) is 0 Å². The summed E-state index contributed by atoms with van der Waals surface area (Å²) >= 11 is 7.10. The maximum absolute atomic E-state index is 13.5. The number of aliphatic hydroxyl groups excluding tert-OH is 1. The minimum atomic E-state index is -0.669. The maximum Gasteiger partial charge on any atom is 0.137 e. The quantitative estimate of drug-likeness (QED) is 0.876. The molecule has 0 amide bonds. The van der Waals surface area contributed by atoms with E-state index < -0.39 is 17.7 Å². The highest BCUT2D eigenvalue weighted by atomic mass is 35.5. The van der Waals surface area contributed by atoms with Gasteiger partial charge in [-0.25, -0.2) is 8.78 Å². The lowest BCUT2D eigenvalue weighted by Gasteiger charge is -2.09. The Balaban J connectivity index is 2.29. The minimum absolute atomic E-state index is 0.195. The molecule has 0 aliphatic rings. The molecule has 0 aliphatic carbocycles. The van der Waals surface area contributed by atoms with Crippen molar-refractivity contribution in [2.75, 3.05) is 0 Å². The first-order chi connectivity index (χ1) is 8.97. The maximum atomic E-state index is 13.5. The fraction of sp³-hybridized carbons (Fsp3) is 0.143. The number of rotatable bonds is 3. The van der Waals surface area contributed by atoms with E-state index in [9.17, 15) is 13.9 Å². The molecule has 0 radical (unpaired) electrons. The van der Waals surface area contributed by atoms with E-state index in [0.29, 0.717) is 15.5 Å². The molecule has 1 nitrogen and oxygen atoms in total. The van der Waals surface area contributed by atoms with E-state index in [1.165, 1.54) is 0 Å². The van der Waals surface area contributed by atoms with E-state index in [1.54, 1.807) is 25.1 Å². The molecule has 2 aromatic carbocycles. The molecule has 1 N–H and O–H groups in total. The van der Waals surface area contributed by atoms with Crippen LogP contribution in [0.4, 0.5) is 8.78 Å². The van der Waals surface area contributed by atoms with Gasteiger partial charge in [-0.15, -0.1) is 0 Å². The van der Waals surface area contributed by atoms with Crippen LogP contribution in [0.5, 0.6) is 0 Å². The third-order valence-electron chi connectivity index (χ3n) is 2.54. The zero-order valence-corrected chi connectivity index (χ0v) is 11.6. The van der Waals surface area contributed by atoms with E-state index >= 15 is 0 Å². The summed E-state index contributed by atoms with van der Waals surface area (Å²) < 4.78 is 26.6. The van der Waals surface area contributed by atoms with E-state index in [0.717, 1.165) is 30.0 Å². The van der Waals surface area contributed by atoms with Crippen LogP contribution in [-0.2, 0) is 0 Å². The van der Waals surface area contributed by atoms with Crippen molar-refractivity contribution in [2.24, 2.45) is 0 Å². The molecule has 0 fully saturated rings. The zero-order chi connectivity index (χ0) is 14.0. The first-order valence-electron chi connectivity index (χ1n) is 5.58. The lowest BCUT2D eigenvalue weighted by Crippen LogP contribution is -1.92. The van der Waals surface area contributed by atoms with Crippen LogP contribution in [0.3, 0.4) is 0 Å². The van der Waals surface area contributed by atoms with Crippen LogP contribution in [0.2, 0.25) is 5.02 Å². The summed E-state index contributed by atoms with van der Waals surface area (Å²) in [5.74, 6) is -0.974. The minimum Gasteiger partial charge on any atom is -0.389 e. The molecule has 0 aromatic heterocycles. The number of aliphatic hydroxyl groups is 1. The fourth-order valence-electron chi connectivity index (χ4n) is 1.59. The highest BCUT2D eigenvalue weighted by molar-refractivity contribution is 7.99. The van der Waals surface area contributed by atoms with Crippen LogP contribution < -0.4 is 0 Å². The monoisotopic (exact) mass is 300 g/mol. The summed E-state index contributed by atoms with van der Waals surface area (Å²) in [6.45, 7) is 1.61. The second kappa shape index (κ2) is 5.90. The highest BCUT2D eigenvalue weighted by Gasteiger charge is 2.10. The van der Waals surface area contributed by atoms with Crippen LogP contribution in [0.1, 0.15) is 18.6 Å². The third kappa shape index (κ3) is 3.47. The van der Waals surface area contributed by atoms with Gasteiger partial charge in [0.15, 0.2) is 0 Å². The first kappa shape index (κ1) is 14.3. The average molecular weight is 301 g/mol.